The Bertz CT molecular complexity index is 742. The Labute approximate surface area is 124 Å². The van der Waals surface area contributed by atoms with E-state index in [2.05, 4.69) is 16.5 Å². The van der Waals surface area contributed by atoms with Crippen molar-refractivity contribution in [3.8, 4) is 0 Å². The molecule has 0 fully saturated rings. The van der Waals surface area contributed by atoms with Crippen molar-refractivity contribution in [3.05, 3.63) is 53.8 Å². The second kappa shape index (κ2) is 5.74. The normalized spacial score (nSPS) is 12.9. The van der Waals surface area contributed by atoms with Crippen LogP contribution in [-0.2, 0) is 13.0 Å². The first-order valence-electron chi connectivity index (χ1n) is 7.36. The Morgan fingerprint density at radius 3 is 2.95 bits per heavy atom. The van der Waals surface area contributed by atoms with E-state index in [4.69, 9.17) is 4.42 Å². The number of fused-ring (bicyclic) bond motifs is 1. The first-order valence-corrected chi connectivity index (χ1v) is 7.36. The second-order valence-electron chi connectivity index (χ2n) is 5.32. The lowest BCUT2D eigenvalue weighted by Gasteiger charge is -2.12. The number of imidazole rings is 1. The number of hydrogen-bond donors (Lipinski definition) is 1. The average molecular weight is 284 g/mol. The minimum atomic E-state index is -0.605. The topological polar surface area (TPSA) is 51.2 Å². The highest BCUT2D eigenvalue weighted by Gasteiger charge is 2.20. The summed E-state index contributed by atoms with van der Waals surface area (Å²) in [6.07, 6.45) is 4.70. The molecule has 4 heteroatoms. The van der Waals surface area contributed by atoms with Gasteiger partial charge in [0, 0.05) is 36.3 Å². The summed E-state index contributed by atoms with van der Waals surface area (Å²) in [5.74, 6) is 1.69. The largest absolute Gasteiger partial charge is 0.461 e. The lowest BCUT2D eigenvalue weighted by Crippen LogP contribution is -2.09. The molecule has 0 radical (unpaired) electrons. The molecule has 3 aromatic rings. The molecule has 2 heterocycles. The maximum Gasteiger partial charge on any atom is 0.134 e. The number of aliphatic hydroxyl groups excluding tert-OH is 1. The molecular formula is C17H20N2O2. The van der Waals surface area contributed by atoms with Gasteiger partial charge in [-0.25, -0.2) is 4.98 Å². The van der Waals surface area contributed by atoms with E-state index in [9.17, 15) is 5.11 Å². The van der Waals surface area contributed by atoms with Crippen LogP contribution < -0.4 is 0 Å². The number of hydrogen-bond acceptors (Lipinski definition) is 3. The fourth-order valence-corrected chi connectivity index (χ4v) is 2.85. The van der Waals surface area contributed by atoms with Gasteiger partial charge in [-0.05, 0) is 19.4 Å². The van der Waals surface area contributed by atoms with Crippen LogP contribution in [0.15, 0.2) is 41.1 Å². The summed E-state index contributed by atoms with van der Waals surface area (Å²) in [4.78, 5) is 4.37. The number of aliphatic hydroxyl groups is 1. The molecule has 0 saturated heterocycles. The third-order valence-corrected chi connectivity index (χ3v) is 3.79. The zero-order chi connectivity index (χ0) is 14.8. The van der Waals surface area contributed by atoms with Crippen LogP contribution in [0, 0.1) is 6.92 Å². The molecule has 0 saturated carbocycles. The molecule has 0 aliphatic carbocycles. The Morgan fingerprint density at radius 1 is 1.33 bits per heavy atom. The van der Waals surface area contributed by atoms with Gasteiger partial charge in [0.2, 0.25) is 0 Å². The van der Waals surface area contributed by atoms with E-state index in [1.54, 1.807) is 6.20 Å². The molecule has 21 heavy (non-hydrogen) atoms. The standard InChI is InChI=1S/C17H20N2O2/c1-3-9-19-10-8-18-16(19)11-14(20)17-12(2)21-15-7-5-4-6-13(15)17/h4-8,10,14,20H,3,9,11H2,1-2H3. The van der Waals surface area contributed by atoms with Gasteiger partial charge in [0.05, 0.1) is 6.10 Å². The van der Waals surface area contributed by atoms with Crippen LogP contribution in [0.5, 0.6) is 0 Å². The Kier molecular flexibility index (Phi) is 3.80. The molecule has 0 spiro atoms. The predicted molar refractivity (Wildman–Crippen MR) is 82.1 cm³/mol. The minimum Gasteiger partial charge on any atom is -0.461 e. The molecule has 110 valence electrons. The third kappa shape index (κ3) is 2.59. The zero-order valence-corrected chi connectivity index (χ0v) is 12.4. The first-order chi connectivity index (χ1) is 10.2. The van der Waals surface area contributed by atoms with Crippen LogP contribution in [0.2, 0.25) is 0 Å². The number of aromatic nitrogens is 2. The number of aryl methyl sites for hydroxylation is 2. The Hall–Kier alpha value is -2.07. The van der Waals surface area contributed by atoms with Crippen LogP contribution in [-0.4, -0.2) is 14.7 Å². The van der Waals surface area contributed by atoms with E-state index < -0.39 is 6.10 Å². The Morgan fingerprint density at radius 2 is 2.14 bits per heavy atom. The predicted octanol–water partition coefficient (Wildman–Crippen LogP) is 3.62. The van der Waals surface area contributed by atoms with Gasteiger partial charge in [-0.2, -0.15) is 0 Å². The van der Waals surface area contributed by atoms with Crippen molar-refractivity contribution in [3.63, 3.8) is 0 Å². The van der Waals surface area contributed by atoms with Crippen LogP contribution >= 0.6 is 0 Å². The summed E-state index contributed by atoms with van der Waals surface area (Å²) >= 11 is 0. The van der Waals surface area contributed by atoms with E-state index >= 15 is 0 Å². The fourth-order valence-electron chi connectivity index (χ4n) is 2.85. The van der Waals surface area contributed by atoms with Gasteiger partial charge in [0.1, 0.15) is 17.2 Å². The van der Waals surface area contributed by atoms with Crippen molar-refractivity contribution < 1.29 is 9.52 Å². The van der Waals surface area contributed by atoms with E-state index in [0.29, 0.717) is 6.42 Å². The molecule has 0 amide bonds. The van der Waals surface area contributed by atoms with Crippen molar-refractivity contribution in [2.24, 2.45) is 0 Å². The molecule has 2 aromatic heterocycles. The molecule has 1 aromatic carbocycles. The van der Waals surface area contributed by atoms with Gasteiger partial charge in [0.15, 0.2) is 0 Å². The molecule has 0 aliphatic rings. The first kappa shape index (κ1) is 13.9. The van der Waals surface area contributed by atoms with Crippen molar-refractivity contribution in [1.82, 2.24) is 9.55 Å². The van der Waals surface area contributed by atoms with Gasteiger partial charge >= 0.3 is 0 Å². The quantitative estimate of drug-likeness (QED) is 0.778. The summed E-state index contributed by atoms with van der Waals surface area (Å²) < 4.78 is 7.83. The fraction of sp³-hybridized carbons (Fsp3) is 0.353. The number of para-hydroxylation sites is 1. The van der Waals surface area contributed by atoms with Crippen molar-refractivity contribution in [2.45, 2.75) is 39.3 Å². The maximum atomic E-state index is 10.6. The number of rotatable bonds is 5. The SMILES string of the molecule is CCCn1ccnc1CC(O)c1c(C)oc2ccccc12. The highest BCUT2D eigenvalue weighted by molar-refractivity contribution is 5.82. The summed E-state index contributed by atoms with van der Waals surface area (Å²) in [5.41, 5.74) is 1.69. The van der Waals surface area contributed by atoms with E-state index in [-0.39, 0.29) is 0 Å². The zero-order valence-electron chi connectivity index (χ0n) is 12.4. The van der Waals surface area contributed by atoms with Crippen LogP contribution in [0.4, 0.5) is 0 Å². The summed E-state index contributed by atoms with van der Waals surface area (Å²) in [5, 5.41) is 11.6. The molecule has 1 unspecified atom stereocenters. The van der Waals surface area contributed by atoms with Crippen molar-refractivity contribution in [1.29, 1.82) is 0 Å². The van der Waals surface area contributed by atoms with Gasteiger partial charge in [-0.3, -0.25) is 0 Å². The molecule has 0 aliphatic heterocycles. The van der Waals surface area contributed by atoms with E-state index in [1.807, 2.05) is 37.4 Å². The molecular weight excluding hydrogens is 264 g/mol. The van der Waals surface area contributed by atoms with Gasteiger partial charge in [-0.1, -0.05) is 25.1 Å². The van der Waals surface area contributed by atoms with E-state index in [1.165, 1.54) is 0 Å². The molecule has 4 nitrogen and oxygen atoms in total. The van der Waals surface area contributed by atoms with Crippen LogP contribution in [0.3, 0.4) is 0 Å². The monoisotopic (exact) mass is 284 g/mol. The lowest BCUT2D eigenvalue weighted by atomic mass is 10.0. The molecule has 1 N–H and O–H groups in total. The highest BCUT2D eigenvalue weighted by atomic mass is 16.3. The van der Waals surface area contributed by atoms with E-state index in [0.717, 1.165) is 41.1 Å². The van der Waals surface area contributed by atoms with Crippen molar-refractivity contribution >= 4 is 11.0 Å². The smallest absolute Gasteiger partial charge is 0.134 e. The van der Waals surface area contributed by atoms with Gasteiger partial charge in [0.25, 0.3) is 0 Å². The molecule has 1 atom stereocenters. The maximum absolute atomic E-state index is 10.6. The van der Waals surface area contributed by atoms with Crippen LogP contribution in [0.25, 0.3) is 11.0 Å². The third-order valence-electron chi connectivity index (χ3n) is 3.79. The highest BCUT2D eigenvalue weighted by Crippen LogP contribution is 2.31. The summed E-state index contributed by atoms with van der Waals surface area (Å²) in [6, 6.07) is 7.82. The minimum absolute atomic E-state index is 0.497. The van der Waals surface area contributed by atoms with Gasteiger partial charge < -0.3 is 14.1 Å². The second-order valence-corrected chi connectivity index (χ2v) is 5.32. The lowest BCUT2D eigenvalue weighted by molar-refractivity contribution is 0.173. The van der Waals surface area contributed by atoms with Crippen LogP contribution in [0.1, 0.15) is 36.6 Å². The Balaban J connectivity index is 1.92. The summed E-state index contributed by atoms with van der Waals surface area (Å²) in [7, 11) is 0. The number of benzene rings is 1. The number of nitrogens with zero attached hydrogens (tertiary/aromatic N) is 2. The number of furan rings is 1. The van der Waals surface area contributed by atoms with Gasteiger partial charge in [-0.15, -0.1) is 0 Å². The van der Waals surface area contributed by atoms with Crippen molar-refractivity contribution in [2.75, 3.05) is 0 Å². The average Bonchev–Trinajstić information content (AvgIpc) is 3.02. The summed E-state index contributed by atoms with van der Waals surface area (Å²) in [6.45, 7) is 4.96. The molecule has 3 rings (SSSR count). The molecule has 0 bridgehead atoms.